The van der Waals surface area contributed by atoms with Gasteiger partial charge in [-0.15, -0.1) is 0 Å². The minimum Gasteiger partial charge on any atom is -0.0901 e. The molecule has 0 atom stereocenters. The average Bonchev–Trinajstić information content (AvgIpc) is 3.03. The van der Waals surface area contributed by atoms with E-state index in [1.807, 2.05) is 11.8 Å². The van der Waals surface area contributed by atoms with Crippen molar-refractivity contribution in [2.45, 2.75) is 52.0 Å². The second kappa shape index (κ2) is 10.6. The van der Waals surface area contributed by atoms with Crippen LogP contribution in [-0.4, -0.2) is 0 Å². The van der Waals surface area contributed by atoms with Crippen molar-refractivity contribution in [1.82, 2.24) is 0 Å². The summed E-state index contributed by atoms with van der Waals surface area (Å²) in [7, 11) is -0.127. The smallest absolute Gasteiger partial charge is 0.0901 e. The Balaban J connectivity index is 1.07. The average molecular weight is 581 g/mol. The molecule has 41 heavy (non-hydrogen) atoms. The minimum atomic E-state index is -0.0634. The molecular weight excluding hydrogens is 553 g/mol. The van der Waals surface area contributed by atoms with Gasteiger partial charge in [0, 0.05) is 44.9 Å². The van der Waals surface area contributed by atoms with Gasteiger partial charge in [-0.25, -0.2) is 0 Å². The summed E-state index contributed by atoms with van der Waals surface area (Å²) in [6.45, 7) is 0. The van der Waals surface area contributed by atoms with Crippen LogP contribution < -0.4 is 0 Å². The van der Waals surface area contributed by atoms with Gasteiger partial charge in [-0.05, 0) is 72.8 Å². The van der Waals surface area contributed by atoms with E-state index in [-0.39, 0.29) is 21.8 Å². The van der Waals surface area contributed by atoms with E-state index in [4.69, 9.17) is 0 Å². The summed E-state index contributed by atoms with van der Waals surface area (Å²) >= 11 is 1.85. The largest absolute Gasteiger partial charge is 0.170 e. The van der Waals surface area contributed by atoms with Gasteiger partial charge in [-0.1, -0.05) is 84.6 Å². The molecule has 8 rings (SSSR count). The molecule has 0 amide bonds. The lowest BCUT2D eigenvalue weighted by Crippen LogP contribution is -2.15. The predicted octanol–water partition coefficient (Wildman–Crippen LogP) is 9.84. The lowest BCUT2D eigenvalue weighted by Gasteiger charge is -2.19. The maximum absolute atomic E-state index is 2.34. The highest BCUT2D eigenvalue weighted by atomic mass is 32.2. The quantitative estimate of drug-likeness (QED) is 0.187. The molecule has 6 aromatic rings. The molecule has 0 saturated heterocycles. The third-order valence-corrected chi connectivity index (χ3v) is 13.7. The normalized spacial score (nSPS) is 14.0. The summed E-state index contributed by atoms with van der Waals surface area (Å²) < 4.78 is 0. The molecule has 0 bridgehead atoms. The fraction of sp³-hybridized carbons (Fsp3) is 0.0526. The van der Waals surface area contributed by atoms with Crippen molar-refractivity contribution in [3.05, 3.63) is 168 Å². The molecule has 0 aliphatic carbocycles. The van der Waals surface area contributed by atoms with Crippen molar-refractivity contribution in [2.24, 2.45) is 0 Å². The third kappa shape index (κ3) is 4.63. The van der Waals surface area contributed by atoms with Gasteiger partial charge in [-0.2, -0.15) is 0 Å². The number of hydrogen-bond donors (Lipinski definition) is 0. The van der Waals surface area contributed by atoms with Crippen LogP contribution in [0.4, 0.5) is 0 Å². The summed E-state index contributed by atoms with van der Waals surface area (Å²) in [5.74, 6) is 0. The van der Waals surface area contributed by atoms with Crippen LogP contribution in [0.1, 0.15) is 22.3 Å². The maximum Gasteiger partial charge on any atom is 0.170 e. The number of benzene rings is 6. The number of hydrogen-bond acceptors (Lipinski definition) is 1. The van der Waals surface area contributed by atoms with Gasteiger partial charge < -0.3 is 0 Å². The molecule has 0 saturated carbocycles. The third-order valence-electron chi connectivity index (χ3n) is 7.89. The van der Waals surface area contributed by atoms with Crippen LogP contribution in [0.5, 0.6) is 0 Å². The molecule has 0 aromatic heterocycles. The van der Waals surface area contributed by atoms with Crippen LogP contribution in [0, 0.1) is 0 Å². The molecule has 0 N–H and O–H groups in total. The molecule has 0 fully saturated rings. The Morgan fingerprint density at radius 1 is 0.341 bits per heavy atom. The standard InChI is InChI=1S/C38H28S3/c1-5-13-35-27(9-1)25-28-10-2-6-14-36(28)40(35)33-21-17-31(18-22-33)39-32-19-23-34(24-20-32)41-37-15-7-3-11-29(37)26-30-12-4-8-16-38(30)41/h1-24H,25-26H2/q+2. The number of fused-ring (bicyclic) bond motifs is 4. The molecule has 196 valence electrons. The molecule has 2 aliphatic rings. The van der Waals surface area contributed by atoms with Gasteiger partial charge in [0.05, 0.1) is 21.8 Å². The fourth-order valence-electron chi connectivity index (χ4n) is 5.97. The second-order valence-corrected chi connectivity index (χ2v) is 15.5. The first kappa shape index (κ1) is 25.1. The Morgan fingerprint density at radius 3 is 0.951 bits per heavy atom. The summed E-state index contributed by atoms with van der Waals surface area (Å²) in [5.41, 5.74) is 5.82. The second-order valence-electron chi connectivity index (χ2n) is 10.4. The van der Waals surface area contributed by atoms with E-state index in [2.05, 4.69) is 146 Å². The van der Waals surface area contributed by atoms with Crippen molar-refractivity contribution in [2.75, 3.05) is 0 Å². The first-order chi connectivity index (χ1) is 20.3. The van der Waals surface area contributed by atoms with Crippen molar-refractivity contribution >= 4 is 33.6 Å². The topological polar surface area (TPSA) is 0 Å². The highest BCUT2D eigenvalue weighted by molar-refractivity contribution is 7.99. The molecular formula is C38H28S3+2. The first-order valence-electron chi connectivity index (χ1n) is 14.0. The minimum absolute atomic E-state index is 0.0634. The zero-order chi connectivity index (χ0) is 27.2. The van der Waals surface area contributed by atoms with Crippen molar-refractivity contribution in [3.8, 4) is 0 Å². The lowest BCUT2D eigenvalue weighted by atomic mass is 10.0. The van der Waals surface area contributed by atoms with Crippen LogP contribution in [-0.2, 0) is 34.6 Å². The summed E-state index contributed by atoms with van der Waals surface area (Å²) in [6, 6.07) is 54.5. The van der Waals surface area contributed by atoms with Crippen LogP contribution in [0.2, 0.25) is 0 Å². The van der Waals surface area contributed by atoms with E-state index in [9.17, 15) is 0 Å². The molecule has 3 heteroatoms. The van der Waals surface area contributed by atoms with Crippen molar-refractivity contribution < 1.29 is 0 Å². The van der Waals surface area contributed by atoms with E-state index < -0.39 is 0 Å². The van der Waals surface area contributed by atoms with Crippen LogP contribution in [0.25, 0.3) is 0 Å². The Kier molecular flexibility index (Phi) is 6.52. The van der Waals surface area contributed by atoms with Gasteiger partial charge in [-0.3, -0.25) is 0 Å². The van der Waals surface area contributed by atoms with Gasteiger partial charge in [0.25, 0.3) is 0 Å². The molecule has 0 radical (unpaired) electrons. The van der Waals surface area contributed by atoms with E-state index in [0.717, 1.165) is 12.8 Å². The predicted molar refractivity (Wildman–Crippen MR) is 173 cm³/mol. The van der Waals surface area contributed by atoms with E-state index >= 15 is 0 Å². The van der Waals surface area contributed by atoms with Gasteiger partial charge in [0.2, 0.25) is 0 Å². The van der Waals surface area contributed by atoms with E-state index in [0.29, 0.717) is 0 Å². The highest BCUT2D eigenvalue weighted by Gasteiger charge is 2.38. The van der Waals surface area contributed by atoms with Crippen LogP contribution in [0.3, 0.4) is 0 Å². The SMILES string of the molecule is c1ccc2c(c1)Cc1ccccc1[S+]2c1ccc(Sc2ccc([S+]3c4ccccc4Cc4ccccc43)cc2)cc1. The van der Waals surface area contributed by atoms with Crippen molar-refractivity contribution in [1.29, 1.82) is 0 Å². The molecule has 0 spiro atoms. The van der Waals surface area contributed by atoms with Gasteiger partial charge in [0.1, 0.15) is 0 Å². The van der Waals surface area contributed by atoms with E-state index in [1.54, 1.807) is 0 Å². The van der Waals surface area contributed by atoms with Crippen molar-refractivity contribution in [3.63, 3.8) is 0 Å². The van der Waals surface area contributed by atoms with Crippen LogP contribution in [0.15, 0.2) is 185 Å². The first-order valence-corrected chi connectivity index (χ1v) is 17.3. The van der Waals surface area contributed by atoms with Crippen LogP contribution >= 0.6 is 11.8 Å². The molecule has 0 unspecified atom stereocenters. The summed E-state index contributed by atoms with van der Waals surface area (Å²) in [5, 5.41) is 0. The molecule has 2 heterocycles. The number of rotatable bonds is 4. The Hall–Kier alpha value is -3.63. The monoisotopic (exact) mass is 580 g/mol. The zero-order valence-corrected chi connectivity index (χ0v) is 24.9. The summed E-state index contributed by atoms with van der Waals surface area (Å²) in [4.78, 5) is 11.2. The molecule has 2 aliphatic heterocycles. The maximum atomic E-state index is 2.34. The Labute approximate surface area is 252 Å². The lowest BCUT2D eigenvalue weighted by molar-refractivity contribution is 1.04. The fourth-order valence-corrected chi connectivity index (χ4v) is 11.6. The molecule has 0 nitrogen and oxygen atoms in total. The van der Waals surface area contributed by atoms with Gasteiger partial charge in [0.15, 0.2) is 29.4 Å². The highest BCUT2D eigenvalue weighted by Crippen LogP contribution is 2.43. The molecule has 6 aromatic carbocycles. The summed E-state index contributed by atoms with van der Waals surface area (Å²) in [6.07, 6.45) is 2.05. The zero-order valence-electron chi connectivity index (χ0n) is 22.5. The van der Waals surface area contributed by atoms with Gasteiger partial charge >= 0.3 is 0 Å². The van der Waals surface area contributed by atoms with E-state index in [1.165, 1.54) is 61.4 Å². The Bertz CT molecular complexity index is 1640. The Morgan fingerprint density at radius 2 is 0.634 bits per heavy atom.